The normalized spacial score (nSPS) is 10.7. The van der Waals surface area contributed by atoms with Crippen LogP contribution in [-0.4, -0.2) is 14.2 Å². The first-order valence-electron chi connectivity index (χ1n) is 4.38. The van der Waals surface area contributed by atoms with Gasteiger partial charge in [0, 0.05) is 0 Å². The molecule has 0 aromatic heterocycles. The first-order valence-corrected chi connectivity index (χ1v) is 7.79. The number of hydrogen-bond donors (Lipinski definition) is 1. The molecule has 1 nitrogen and oxygen atoms in total. The molecule has 0 aliphatic carbocycles. The number of rotatable bonds is 3. The summed E-state index contributed by atoms with van der Waals surface area (Å²) in [7, 11) is -1.14. The third kappa shape index (κ3) is 4.46. The Bertz CT molecular complexity index is 236. The molecule has 0 heterocycles. The Hall–Kier alpha value is -0.313. The monoisotopic (exact) mass is 215 g/mol. The first kappa shape index (κ1) is 12.7. The molecule has 0 spiro atoms. The van der Waals surface area contributed by atoms with Gasteiger partial charge in [0.05, 0.1) is 8.07 Å². The van der Waals surface area contributed by atoms with Crippen molar-refractivity contribution in [3.8, 4) is 0 Å². The van der Waals surface area contributed by atoms with E-state index < -0.39 is 8.07 Å². The molecule has 1 rings (SSSR count). The molecule has 0 unspecified atom stereocenters. The molecule has 1 aromatic carbocycles. The maximum absolute atomic E-state index is 5.72. The van der Waals surface area contributed by atoms with Gasteiger partial charge in [-0.15, -0.1) is 12.4 Å². The fourth-order valence-electron chi connectivity index (χ4n) is 1.22. The maximum atomic E-state index is 5.72. The minimum absolute atomic E-state index is 0. The van der Waals surface area contributed by atoms with Crippen LogP contribution < -0.4 is 5.73 Å². The summed E-state index contributed by atoms with van der Waals surface area (Å²) in [5, 5.41) is 0. The van der Waals surface area contributed by atoms with Crippen molar-refractivity contribution in [3.63, 3.8) is 0 Å². The fraction of sp³-hybridized carbons (Fsp3) is 0.400. The first-order chi connectivity index (χ1) is 5.64. The predicted octanol–water partition coefficient (Wildman–Crippen LogP) is 2.40. The van der Waals surface area contributed by atoms with Crippen LogP contribution in [0, 0.1) is 0 Å². The van der Waals surface area contributed by atoms with Crippen molar-refractivity contribution in [3.05, 3.63) is 35.9 Å². The van der Waals surface area contributed by atoms with Crippen molar-refractivity contribution in [1.29, 1.82) is 0 Å². The van der Waals surface area contributed by atoms with E-state index in [9.17, 15) is 0 Å². The van der Waals surface area contributed by atoms with Gasteiger partial charge in [-0.1, -0.05) is 49.0 Å². The van der Waals surface area contributed by atoms with Crippen molar-refractivity contribution < 1.29 is 0 Å². The molecule has 13 heavy (non-hydrogen) atoms. The number of benzene rings is 1. The van der Waals surface area contributed by atoms with E-state index >= 15 is 0 Å². The molecule has 0 aliphatic heterocycles. The smallest absolute Gasteiger partial charge is 0.0665 e. The van der Waals surface area contributed by atoms with Gasteiger partial charge in [-0.3, -0.25) is 0 Å². The molecule has 0 atom stereocenters. The lowest BCUT2D eigenvalue weighted by Gasteiger charge is -2.19. The van der Waals surface area contributed by atoms with Crippen LogP contribution >= 0.6 is 12.4 Å². The third-order valence-corrected chi connectivity index (χ3v) is 4.55. The second-order valence-electron chi connectivity index (χ2n) is 4.03. The molecule has 0 aliphatic rings. The van der Waals surface area contributed by atoms with E-state index in [4.69, 9.17) is 5.73 Å². The lowest BCUT2D eigenvalue weighted by molar-refractivity contribution is 1.20. The summed E-state index contributed by atoms with van der Waals surface area (Å²) < 4.78 is 0. The van der Waals surface area contributed by atoms with Crippen molar-refractivity contribution in [2.75, 3.05) is 6.17 Å². The topological polar surface area (TPSA) is 26.0 Å². The number of hydrogen-bond acceptors (Lipinski definition) is 1. The summed E-state index contributed by atoms with van der Waals surface area (Å²) in [6.07, 6.45) is 0.877. The van der Waals surface area contributed by atoms with Crippen molar-refractivity contribution >= 4 is 20.5 Å². The van der Waals surface area contributed by atoms with Crippen molar-refractivity contribution in [2.45, 2.75) is 19.1 Å². The van der Waals surface area contributed by atoms with Crippen LogP contribution in [-0.2, 0) is 6.04 Å². The van der Waals surface area contributed by atoms with Gasteiger partial charge < -0.3 is 5.73 Å². The van der Waals surface area contributed by atoms with Crippen LogP contribution in [0.1, 0.15) is 5.56 Å². The van der Waals surface area contributed by atoms with Crippen LogP contribution in [0.25, 0.3) is 0 Å². The third-order valence-electron chi connectivity index (χ3n) is 2.08. The van der Waals surface area contributed by atoms with Gasteiger partial charge >= 0.3 is 0 Å². The lowest BCUT2D eigenvalue weighted by Crippen LogP contribution is -2.39. The highest BCUT2D eigenvalue weighted by Gasteiger charge is 2.18. The fourth-order valence-corrected chi connectivity index (χ4v) is 2.71. The molecule has 0 saturated carbocycles. The number of halogens is 1. The average Bonchev–Trinajstić information content (AvgIpc) is 2.06. The van der Waals surface area contributed by atoms with E-state index in [0.29, 0.717) is 0 Å². The van der Waals surface area contributed by atoms with Gasteiger partial charge in [0.15, 0.2) is 0 Å². The largest absolute Gasteiger partial charge is 0.333 e. The molecule has 0 fully saturated rings. The van der Waals surface area contributed by atoms with Crippen LogP contribution in [0.5, 0.6) is 0 Å². The lowest BCUT2D eigenvalue weighted by atomic mass is 10.2. The molecule has 74 valence electrons. The van der Waals surface area contributed by atoms with Crippen molar-refractivity contribution in [2.24, 2.45) is 5.73 Å². The van der Waals surface area contributed by atoms with Gasteiger partial charge in [-0.05, 0) is 12.2 Å². The Kier molecular flexibility index (Phi) is 5.29. The Labute approximate surface area is 87.8 Å². The van der Waals surface area contributed by atoms with E-state index in [-0.39, 0.29) is 12.4 Å². The summed E-state index contributed by atoms with van der Waals surface area (Å²) in [6.45, 7) is 4.67. The standard InChI is InChI=1S/C10H17NSi.ClH/c1-12(2,9-11)8-10-6-4-3-5-7-10;/h3-7H,8-9,11H2,1-2H3;1H. The summed E-state index contributed by atoms with van der Waals surface area (Å²) >= 11 is 0. The predicted molar refractivity (Wildman–Crippen MR) is 63.9 cm³/mol. The van der Waals surface area contributed by atoms with Gasteiger partial charge in [0.25, 0.3) is 0 Å². The van der Waals surface area contributed by atoms with Gasteiger partial charge in [-0.2, -0.15) is 0 Å². The molecule has 0 radical (unpaired) electrons. The Morgan fingerprint density at radius 2 is 1.69 bits per heavy atom. The SMILES string of the molecule is C[Si](C)(CN)Cc1ccccc1.Cl. The highest BCUT2D eigenvalue weighted by atomic mass is 35.5. The average molecular weight is 216 g/mol. The van der Waals surface area contributed by atoms with Crippen LogP contribution in [0.3, 0.4) is 0 Å². The summed E-state index contributed by atoms with van der Waals surface area (Å²) in [5.74, 6) is 0. The quantitative estimate of drug-likeness (QED) is 0.771. The molecular weight excluding hydrogens is 198 g/mol. The zero-order chi connectivity index (χ0) is 9.03. The van der Waals surface area contributed by atoms with Gasteiger partial charge in [0.2, 0.25) is 0 Å². The van der Waals surface area contributed by atoms with Crippen LogP contribution in [0.2, 0.25) is 13.1 Å². The second-order valence-corrected chi connectivity index (χ2v) is 9.12. The Morgan fingerprint density at radius 3 is 2.15 bits per heavy atom. The minimum Gasteiger partial charge on any atom is -0.333 e. The molecule has 0 saturated heterocycles. The summed E-state index contributed by atoms with van der Waals surface area (Å²) in [4.78, 5) is 0. The number of nitrogens with two attached hydrogens (primary N) is 1. The summed E-state index contributed by atoms with van der Waals surface area (Å²) in [6, 6.07) is 11.8. The highest BCUT2D eigenvalue weighted by Crippen LogP contribution is 2.09. The van der Waals surface area contributed by atoms with Crippen LogP contribution in [0.15, 0.2) is 30.3 Å². The van der Waals surface area contributed by atoms with E-state index in [1.165, 1.54) is 11.6 Å². The van der Waals surface area contributed by atoms with E-state index in [1.807, 2.05) is 0 Å². The Balaban J connectivity index is 0.00000144. The van der Waals surface area contributed by atoms with Gasteiger partial charge in [-0.25, -0.2) is 0 Å². The minimum atomic E-state index is -1.14. The van der Waals surface area contributed by atoms with Crippen molar-refractivity contribution in [1.82, 2.24) is 0 Å². The second kappa shape index (κ2) is 5.42. The summed E-state index contributed by atoms with van der Waals surface area (Å²) in [5.41, 5.74) is 7.15. The molecular formula is C10H18ClNSi. The van der Waals surface area contributed by atoms with Gasteiger partial charge in [0.1, 0.15) is 0 Å². The highest BCUT2D eigenvalue weighted by molar-refractivity contribution is 6.77. The molecule has 0 bridgehead atoms. The molecule has 2 N–H and O–H groups in total. The Morgan fingerprint density at radius 1 is 1.15 bits per heavy atom. The zero-order valence-electron chi connectivity index (χ0n) is 8.29. The molecule has 3 heteroatoms. The zero-order valence-corrected chi connectivity index (χ0v) is 10.1. The van der Waals surface area contributed by atoms with Crippen LogP contribution in [0.4, 0.5) is 0 Å². The maximum Gasteiger partial charge on any atom is 0.0665 e. The van der Waals surface area contributed by atoms with E-state index in [1.54, 1.807) is 0 Å². The van der Waals surface area contributed by atoms with E-state index in [2.05, 4.69) is 43.4 Å². The molecule has 1 aromatic rings. The van der Waals surface area contributed by atoms with E-state index in [0.717, 1.165) is 6.17 Å². The molecule has 0 amide bonds.